The highest BCUT2D eigenvalue weighted by atomic mass is 16.5. The smallest absolute Gasteiger partial charge is 0.251 e. The molecule has 1 aliphatic carbocycles. The molecule has 1 amide bonds. The summed E-state index contributed by atoms with van der Waals surface area (Å²) < 4.78 is 7.82. The van der Waals surface area contributed by atoms with Crippen LogP contribution in [0.4, 0.5) is 0 Å². The van der Waals surface area contributed by atoms with Crippen LogP contribution in [0.15, 0.2) is 36.7 Å². The van der Waals surface area contributed by atoms with Gasteiger partial charge in [0.15, 0.2) is 0 Å². The maximum Gasteiger partial charge on any atom is 0.251 e. The molecule has 2 aliphatic rings. The quantitative estimate of drug-likeness (QED) is 0.922. The summed E-state index contributed by atoms with van der Waals surface area (Å²) >= 11 is 0. The van der Waals surface area contributed by atoms with E-state index in [9.17, 15) is 4.79 Å². The number of benzene rings is 1. The average molecular weight is 311 g/mol. The third-order valence-electron chi connectivity index (χ3n) is 4.57. The molecule has 2 aromatic rings. The van der Waals surface area contributed by atoms with E-state index >= 15 is 0 Å². The van der Waals surface area contributed by atoms with Crippen molar-refractivity contribution < 1.29 is 9.53 Å². The van der Waals surface area contributed by atoms with Gasteiger partial charge >= 0.3 is 0 Å². The monoisotopic (exact) mass is 311 g/mol. The number of carbonyl (C=O) groups excluding carboxylic acids is 1. The highest BCUT2D eigenvalue weighted by Gasteiger charge is 2.22. The van der Waals surface area contributed by atoms with Crippen molar-refractivity contribution in [3.05, 3.63) is 48.0 Å². The minimum Gasteiger partial charge on any atom is -0.493 e. The van der Waals surface area contributed by atoms with Crippen molar-refractivity contribution in [3.63, 3.8) is 0 Å². The molecule has 1 fully saturated rings. The van der Waals surface area contributed by atoms with Crippen molar-refractivity contribution in [1.82, 2.24) is 14.9 Å². The van der Waals surface area contributed by atoms with Gasteiger partial charge in [0.1, 0.15) is 11.6 Å². The standard InChI is InChI=1S/C18H21N3O2/c22-18(20-15-5-8-17-19-9-10-21(17)11-15)14-3-6-16(7-4-14)23-12-13-1-2-13/h3-4,6-7,9-10,13,15H,1-2,5,8,11-12H2,(H,20,22). The maximum absolute atomic E-state index is 12.4. The zero-order valence-electron chi connectivity index (χ0n) is 13.1. The first-order valence-electron chi connectivity index (χ1n) is 8.31. The summed E-state index contributed by atoms with van der Waals surface area (Å²) in [7, 11) is 0. The Balaban J connectivity index is 1.33. The number of aromatic nitrogens is 2. The second-order valence-corrected chi connectivity index (χ2v) is 6.48. The van der Waals surface area contributed by atoms with Crippen LogP contribution in [-0.2, 0) is 13.0 Å². The largest absolute Gasteiger partial charge is 0.493 e. The van der Waals surface area contributed by atoms with E-state index in [4.69, 9.17) is 4.74 Å². The van der Waals surface area contributed by atoms with Crippen LogP contribution in [-0.4, -0.2) is 28.1 Å². The lowest BCUT2D eigenvalue weighted by molar-refractivity contribution is 0.0927. The summed E-state index contributed by atoms with van der Waals surface area (Å²) in [5.41, 5.74) is 0.681. The Morgan fingerprint density at radius 1 is 1.26 bits per heavy atom. The van der Waals surface area contributed by atoms with Crippen LogP contribution in [0.5, 0.6) is 5.75 Å². The molecule has 0 radical (unpaired) electrons. The molecule has 4 rings (SSSR count). The van der Waals surface area contributed by atoms with E-state index in [2.05, 4.69) is 14.9 Å². The Morgan fingerprint density at radius 3 is 2.87 bits per heavy atom. The van der Waals surface area contributed by atoms with Crippen molar-refractivity contribution in [1.29, 1.82) is 0 Å². The summed E-state index contributed by atoms with van der Waals surface area (Å²) in [4.78, 5) is 16.7. The van der Waals surface area contributed by atoms with E-state index in [0.29, 0.717) is 5.56 Å². The molecular weight excluding hydrogens is 290 g/mol. The summed E-state index contributed by atoms with van der Waals surface area (Å²) in [5.74, 6) is 2.66. The fourth-order valence-corrected chi connectivity index (χ4v) is 2.95. The topological polar surface area (TPSA) is 56.2 Å². The number of nitrogens with one attached hydrogen (secondary N) is 1. The predicted octanol–water partition coefficient (Wildman–Crippen LogP) is 2.42. The molecule has 1 aliphatic heterocycles. The fraction of sp³-hybridized carbons (Fsp3) is 0.444. The van der Waals surface area contributed by atoms with Gasteiger partial charge in [-0.2, -0.15) is 0 Å². The van der Waals surface area contributed by atoms with Crippen molar-refractivity contribution in [2.75, 3.05) is 6.61 Å². The first-order valence-corrected chi connectivity index (χ1v) is 8.31. The van der Waals surface area contributed by atoms with Gasteiger partial charge in [-0.1, -0.05) is 0 Å². The second-order valence-electron chi connectivity index (χ2n) is 6.48. The van der Waals surface area contributed by atoms with E-state index in [1.165, 1.54) is 12.8 Å². The van der Waals surface area contributed by atoms with E-state index < -0.39 is 0 Å². The predicted molar refractivity (Wildman–Crippen MR) is 86.5 cm³/mol. The van der Waals surface area contributed by atoms with Crippen LogP contribution in [0, 0.1) is 5.92 Å². The lowest BCUT2D eigenvalue weighted by atomic mass is 10.1. The molecule has 1 aromatic heterocycles. The Kier molecular flexibility index (Phi) is 3.77. The van der Waals surface area contributed by atoms with E-state index in [1.54, 1.807) is 0 Å². The fourth-order valence-electron chi connectivity index (χ4n) is 2.95. The molecule has 0 spiro atoms. The highest BCUT2D eigenvalue weighted by Crippen LogP contribution is 2.29. The Morgan fingerprint density at radius 2 is 2.09 bits per heavy atom. The molecule has 1 N–H and O–H groups in total. The van der Waals surface area contributed by atoms with Crippen LogP contribution < -0.4 is 10.1 Å². The maximum atomic E-state index is 12.4. The summed E-state index contributed by atoms with van der Waals surface area (Å²) in [5, 5.41) is 3.12. The van der Waals surface area contributed by atoms with Crippen LogP contribution in [0.25, 0.3) is 0 Å². The number of imidazole rings is 1. The van der Waals surface area contributed by atoms with Crippen LogP contribution in [0.2, 0.25) is 0 Å². The van der Waals surface area contributed by atoms with Crippen molar-refractivity contribution in [2.45, 2.75) is 38.3 Å². The number of hydrogen-bond donors (Lipinski definition) is 1. The molecule has 0 saturated heterocycles. The normalized spacial score (nSPS) is 19.9. The molecule has 1 atom stereocenters. The van der Waals surface area contributed by atoms with Crippen molar-refractivity contribution in [3.8, 4) is 5.75 Å². The lowest BCUT2D eigenvalue weighted by Gasteiger charge is -2.24. The van der Waals surface area contributed by atoms with Gasteiger partial charge in [-0.3, -0.25) is 4.79 Å². The van der Waals surface area contributed by atoms with Gasteiger partial charge in [0.25, 0.3) is 5.91 Å². The van der Waals surface area contributed by atoms with Gasteiger partial charge in [0, 0.05) is 37.0 Å². The number of aryl methyl sites for hydroxylation is 1. The first kappa shape index (κ1) is 14.3. The number of amides is 1. The van der Waals surface area contributed by atoms with Gasteiger partial charge in [0.2, 0.25) is 0 Å². The third-order valence-corrected chi connectivity index (χ3v) is 4.57. The minimum absolute atomic E-state index is 0.0210. The number of ether oxygens (including phenoxy) is 1. The molecule has 0 bridgehead atoms. The van der Waals surface area contributed by atoms with Crippen LogP contribution >= 0.6 is 0 Å². The number of fused-ring (bicyclic) bond motifs is 1. The van der Waals surface area contributed by atoms with Crippen LogP contribution in [0.1, 0.15) is 35.4 Å². The van der Waals surface area contributed by atoms with E-state index in [-0.39, 0.29) is 11.9 Å². The third kappa shape index (κ3) is 3.38. The first-order chi connectivity index (χ1) is 11.3. The molecule has 1 unspecified atom stereocenters. The zero-order chi connectivity index (χ0) is 15.6. The molecule has 1 aromatic carbocycles. The lowest BCUT2D eigenvalue weighted by Crippen LogP contribution is -2.40. The molecule has 23 heavy (non-hydrogen) atoms. The molecule has 5 heteroatoms. The SMILES string of the molecule is O=C(NC1CCc2nccn2C1)c1ccc(OCC2CC2)cc1. The second kappa shape index (κ2) is 6.07. The van der Waals surface area contributed by atoms with Crippen molar-refractivity contribution in [2.24, 2.45) is 5.92 Å². The molecule has 2 heterocycles. The van der Waals surface area contributed by atoms with E-state index in [1.807, 2.05) is 36.7 Å². The van der Waals surface area contributed by atoms with E-state index in [0.717, 1.165) is 43.5 Å². The van der Waals surface area contributed by atoms with Crippen LogP contribution in [0.3, 0.4) is 0 Å². The molecule has 120 valence electrons. The number of rotatable bonds is 5. The number of hydrogen-bond acceptors (Lipinski definition) is 3. The van der Waals surface area contributed by atoms with Gasteiger partial charge in [-0.05, 0) is 49.4 Å². The summed E-state index contributed by atoms with van der Waals surface area (Å²) in [6, 6.07) is 7.60. The average Bonchev–Trinajstić information content (AvgIpc) is 3.29. The molecule has 1 saturated carbocycles. The van der Waals surface area contributed by atoms with Crippen molar-refractivity contribution >= 4 is 5.91 Å². The zero-order valence-corrected chi connectivity index (χ0v) is 13.1. The Bertz CT molecular complexity index is 689. The summed E-state index contributed by atoms with van der Waals surface area (Å²) in [6.45, 7) is 1.59. The molecule has 5 nitrogen and oxygen atoms in total. The van der Waals surface area contributed by atoms with Gasteiger partial charge in [0.05, 0.1) is 6.61 Å². The van der Waals surface area contributed by atoms with Gasteiger partial charge in [-0.15, -0.1) is 0 Å². The Labute approximate surface area is 135 Å². The summed E-state index contributed by atoms with van der Waals surface area (Å²) in [6.07, 6.45) is 8.19. The van der Waals surface area contributed by atoms with Gasteiger partial charge < -0.3 is 14.6 Å². The number of carbonyl (C=O) groups is 1. The Hall–Kier alpha value is -2.30. The molecular formula is C18H21N3O2. The number of nitrogens with zero attached hydrogens (tertiary/aromatic N) is 2. The highest BCUT2D eigenvalue weighted by molar-refractivity contribution is 5.94. The van der Waals surface area contributed by atoms with Gasteiger partial charge in [-0.25, -0.2) is 4.98 Å². The minimum atomic E-state index is -0.0210.